The van der Waals surface area contributed by atoms with E-state index in [1.807, 2.05) is 36.5 Å². The second-order valence-electron chi connectivity index (χ2n) is 5.28. The van der Waals surface area contributed by atoms with Crippen LogP contribution in [0.3, 0.4) is 0 Å². The zero-order chi connectivity index (χ0) is 15.9. The number of rotatable bonds is 7. The molecule has 1 unspecified atom stereocenters. The second kappa shape index (κ2) is 7.56. The molecular formula is C17H21N3O2. The lowest BCUT2D eigenvalue weighted by atomic mass is 10.1. The molecule has 116 valence electrons. The summed E-state index contributed by atoms with van der Waals surface area (Å²) in [6.45, 7) is 2.81. The van der Waals surface area contributed by atoms with Gasteiger partial charge in [-0.2, -0.15) is 0 Å². The largest absolute Gasteiger partial charge is 0.484 e. The van der Waals surface area contributed by atoms with Gasteiger partial charge in [-0.25, -0.2) is 0 Å². The predicted molar refractivity (Wildman–Crippen MR) is 85.3 cm³/mol. The Balaban J connectivity index is 2.00. The molecule has 0 saturated heterocycles. The van der Waals surface area contributed by atoms with Crippen molar-refractivity contribution in [2.75, 3.05) is 13.7 Å². The average Bonchev–Trinajstić information content (AvgIpc) is 2.53. The molecule has 0 fully saturated rings. The quantitative estimate of drug-likeness (QED) is 0.850. The molecule has 1 aromatic carbocycles. The molecule has 2 N–H and O–H groups in total. The Kier molecular flexibility index (Phi) is 5.49. The zero-order valence-electron chi connectivity index (χ0n) is 12.9. The van der Waals surface area contributed by atoms with E-state index in [9.17, 15) is 4.79 Å². The number of aromatic nitrogens is 1. The third kappa shape index (κ3) is 4.56. The molecule has 22 heavy (non-hydrogen) atoms. The predicted octanol–water partition coefficient (Wildman–Crippen LogP) is 2.14. The summed E-state index contributed by atoms with van der Waals surface area (Å²) in [6.07, 6.45) is 3.66. The number of nitrogens with two attached hydrogens (primary N) is 1. The monoisotopic (exact) mass is 299 g/mol. The van der Waals surface area contributed by atoms with Gasteiger partial charge < -0.3 is 10.5 Å². The molecule has 0 saturated carbocycles. The molecule has 1 heterocycles. The molecule has 1 aromatic heterocycles. The molecule has 1 atom stereocenters. The maximum absolute atomic E-state index is 10.8. The van der Waals surface area contributed by atoms with Crippen molar-refractivity contribution in [3.8, 4) is 5.75 Å². The van der Waals surface area contributed by atoms with Crippen LogP contribution in [0.1, 0.15) is 24.1 Å². The van der Waals surface area contributed by atoms with E-state index in [-0.39, 0.29) is 12.6 Å². The Morgan fingerprint density at radius 1 is 1.36 bits per heavy atom. The maximum atomic E-state index is 10.8. The molecule has 0 aliphatic rings. The van der Waals surface area contributed by atoms with E-state index >= 15 is 0 Å². The summed E-state index contributed by atoms with van der Waals surface area (Å²) in [5.74, 6) is 0.173. The highest BCUT2D eigenvalue weighted by Gasteiger charge is 2.12. The number of carbonyl (C=O) groups excluding carboxylic acids is 1. The van der Waals surface area contributed by atoms with Crippen LogP contribution in [0.25, 0.3) is 0 Å². The van der Waals surface area contributed by atoms with Gasteiger partial charge in [-0.3, -0.25) is 14.7 Å². The number of benzene rings is 1. The van der Waals surface area contributed by atoms with Crippen molar-refractivity contribution in [3.05, 3.63) is 59.9 Å². The van der Waals surface area contributed by atoms with Gasteiger partial charge in [0.05, 0.1) is 0 Å². The number of carbonyl (C=O) groups is 1. The van der Waals surface area contributed by atoms with Gasteiger partial charge in [0.15, 0.2) is 6.61 Å². The smallest absolute Gasteiger partial charge is 0.255 e. The Labute approximate surface area is 130 Å². The Bertz CT molecular complexity index is 616. The van der Waals surface area contributed by atoms with E-state index in [0.29, 0.717) is 5.75 Å². The first-order valence-corrected chi connectivity index (χ1v) is 7.16. The van der Waals surface area contributed by atoms with Gasteiger partial charge >= 0.3 is 0 Å². The van der Waals surface area contributed by atoms with Crippen LogP contribution in [0.15, 0.2) is 48.8 Å². The summed E-state index contributed by atoms with van der Waals surface area (Å²) < 4.78 is 5.33. The number of hydrogen-bond donors (Lipinski definition) is 1. The summed E-state index contributed by atoms with van der Waals surface area (Å²) in [6, 6.07) is 12.0. The number of amides is 1. The SMILES string of the molecule is CC(c1cccnc1)N(C)Cc1cccc(OCC(N)=O)c1. The summed E-state index contributed by atoms with van der Waals surface area (Å²) in [5, 5.41) is 0. The van der Waals surface area contributed by atoms with Crippen LogP contribution >= 0.6 is 0 Å². The number of hydrogen-bond acceptors (Lipinski definition) is 4. The van der Waals surface area contributed by atoms with Crippen molar-refractivity contribution in [2.45, 2.75) is 19.5 Å². The van der Waals surface area contributed by atoms with Gasteiger partial charge in [0.25, 0.3) is 5.91 Å². The zero-order valence-corrected chi connectivity index (χ0v) is 12.9. The number of pyridine rings is 1. The number of primary amides is 1. The normalized spacial score (nSPS) is 12.1. The fourth-order valence-electron chi connectivity index (χ4n) is 2.19. The lowest BCUT2D eigenvalue weighted by Crippen LogP contribution is -2.22. The highest BCUT2D eigenvalue weighted by atomic mass is 16.5. The van der Waals surface area contributed by atoms with Crippen molar-refractivity contribution < 1.29 is 9.53 Å². The van der Waals surface area contributed by atoms with Gasteiger partial charge in [-0.1, -0.05) is 18.2 Å². The topological polar surface area (TPSA) is 68.5 Å². The van der Waals surface area contributed by atoms with Crippen LogP contribution in [0.4, 0.5) is 0 Å². The van der Waals surface area contributed by atoms with Crippen LogP contribution in [0, 0.1) is 0 Å². The fraction of sp³-hybridized carbons (Fsp3) is 0.294. The van der Waals surface area contributed by atoms with Gasteiger partial charge in [0.1, 0.15) is 5.75 Å². The Morgan fingerprint density at radius 3 is 2.86 bits per heavy atom. The first-order chi connectivity index (χ1) is 10.6. The third-order valence-corrected chi connectivity index (χ3v) is 3.54. The molecule has 2 rings (SSSR count). The van der Waals surface area contributed by atoms with Gasteiger partial charge in [-0.05, 0) is 43.3 Å². The van der Waals surface area contributed by atoms with Crippen LogP contribution in [-0.4, -0.2) is 29.4 Å². The van der Waals surface area contributed by atoms with Crippen molar-refractivity contribution in [1.29, 1.82) is 0 Å². The summed E-state index contributed by atoms with van der Waals surface area (Å²) in [4.78, 5) is 17.2. The van der Waals surface area contributed by atoms with E-state index < -0.39 is 5.91 Å². The molecule has 2 aromatic rings. The molecule has 1 amide bonds. The molecule has 5 nitrogen and oxygen atoms in total. The van der Waals surface area contributed by atoms with Crippen molar-refractivity contribution >= 4 is 5.91 Å². The lowest BCUT2D eigenvalue weighted by molar-refractivity contribution is -0.119. The number of ether oxygens (including phenoxy) is 1. The highest BCUT2D eigenvalue weighted by Crippen LogP contribution is 2.21. The van der Waals surface area contributed by atoms with Crippen molar-refractivity contribution in [1.82, 2.24) is 9.88 Å². The first-order valence-electron chi connectivity index (χ1n) is 7.16. The average molecular weight is 299 g/mol. The van der Waals surface area contributed by atoms with E-state index in [0.717, 1.165) is 12.1 Å². The van der Waals surface area contributed by atoms with Crippen molar-refractivity contribution in [2.24, 2.45) is 5.73 Å². The van der Waals surface area contributed by atoms with Gasteiger partial charge in [0.2, 0.25) is 0 Å². The van der Waals surface area contributed by atoms with E-state index in [2.05, 4.69) is 29.9 Å². The number of nitrogens with zero attached hydrogens (tertiary/aromatic N) is 2. The molecule has 0 bridgehead atoms. The van der Waals surface area contributed by atoms with Crippen LogP contribution < -0.4 is 10.5 Å². The van der Waals surface area contributed by atoms with Crippen molar-refractivity contribution in [3.63, 3.8) is 0 Å². The van der Waals surface area contributed by atoms with Crippen LogP contribution in [0.2, 0.25) is 0 Å². The standard InChI is InChI=1S/C17H21N3O2/c1-13(15-6-4-8-19-10-15)20(2)11-14-5-3-7-16(9-14)22-12-17(18)21/h3-10,13H,11-12H2,1-2H3,(H2,18,21). The first kappa shape index (κ1) is 16.0. The maximum Gasteiger partial charge on any atom is 0.255 e. The van der Waals surface area contributed by atoms with E-state index in [4.69, 9.17) is 10.5 Å². The molecule has 0 radical (unpaired) electrons. The highest BCUT2D eigenvalue weighted by molar-refractivity contribution is 5.75. The minimum atomic E-state index is -0.479. The molecule has 0 aliphatic carbocycles. The Hall–Kier alpha value is -2.40. The Morgan fingerprint density at radius 2 is 2.18 bits per heavy atom. The lowest BCUT2D eigenvalue weighted by Gasteiger charge is -2.25. The molecule has 5 heteroatoms. The van der Waals surface area contributed by atoms with Crippen LogP contribution in [0.5, 0.6) is 5.75 Å². The second-order valence-corrected chi connectivity index (χ2v) is 5.28. The molecule has 0 aliphatic heterocycles. The minimum Gasteiger partial charge on any atom is -0.484 e. The van der Waals surface area contributed by atoms with E-state index in [1.165, 1.54) is 5.56 Å². The summed E-state index contributed by atoms with van der Waals surface area (Å²) in [7, 11) is 2.06. The minimum absolute atomic E-state index is 0.106. The van der Waals surface area contributed by atoms with Gasteiger partial charge in [0, 0.05) is 25.0 Å². The summed E-state index contributed by atoms with van der Waals surface area (Å²) in [5.41, 5.74) is 7.37. The molecular weight excluding hydrogens is 278 g/mol. The van der Waals surface area contributed by atoms with Crippen LogP contribution in [-0.2, 0) is 11.3 Å². The molecule has 0 spiro atoms. The fourth-order valence-corrected chi connectivity index (χ4v) is 2.19. The third-order valence-electron chi connectivity index (χ3n) is 3.54. The van der Waals surface area contributed by atoms with E-state index in [1.54, 1.807) is 6.20 Å². The summed E-state index contributed by atoms with van der Waals surface area (Å²) >= 11 is 0. The van der Waals surface area contributed by atoms with Gasteiger partial charge in [-0.15, -0.1) is 0 Å².